The molecule has 48 heavy (non-hydrogen) atoms. The number of nitrogens with zero attached hydrogens (tertiary/aromatic N) is 1. The highest BCUT2D eigenvalue weighted by Crippen LogP contribution is 2.43. The lowest BCUT2D eigenvalue weighted by molar-refractivity contribution is -0.155. The number of esters is 1. The Kier molecular flexibility index (Phi) is 13.1. The van der Waals surface area contributed by atoms with Crippen LogP contribution in [0.25, 0.3) is 11.1 Å². The van der Waals surface area contributed by atoms with Crippen molar-refractivity contribution in [1.29, 1.82) is 0 Å². The molecule has 2 atom stereocenters. The molecule has 0 bridgehead atoms. The highest BCUT2D eigenvalue weighted by atomic mass is 16.6. The molecular formula is C38H49N3O7. The average Bonchev–Trinajstić information content (AvgIpc) is 3.46. The predicted molar refractivity (Wildman–Crippen MR) is 186 cm³/mol. The molecular weight excluding hydrogens is 610 g/mol. The normalized spacial score (nSPS) is 17.5. The number of amides is 1. The van der Waals surface area contributed by atoms with Gasteiger partial charge >= 0.3 is 5.97 Å². The Balaban J connectivity index is 1.68. The van der Waals surface area contributed by atoms with E-state index in [4.69, 9.17) is 29.0 Å². The molecule has 1 aliphatic heterocycles. The number of nitrogens with one attached hydrogen (secondary N) is 2. The quantitative estimate of drug-likeness (QED) is 0.0925. The second-order valence-electron chi connectivity index (χ2n) is 13.0. The standard InChI is InChI=1S/C38H49N3O7/c1-27(2)45-25-9-23-39-41-36(44)38(22-21-33(43)48-37(3,4)5)34(30-15-13-29(14-16-30)28-11-7-6-8-12-28)47-35(40-38)31-17-19-32(20-18-31)46-26-10-24-42/h6-8,11-20,27,34,39,42H,9-10,21-26H2,1-5H3,(H,41,44)/t34-,38-/m0/s1. The van der Waals surface area contributed by atoms with Crippen LogP contribution in [0.4, 0.5) is 0 Å². The Morgan fingerprint density at radius 3 is 2.23 bits per heavy atom. The van der Waals surface area contributed by atoms with Gasteiger partial charge in [-0.2, -0.15) is 0 Å². The van der Waals surface area contributed by atoms with Gasteiger partial charge < -0.3 is 24.1 Å². The molecule has 0 aromatic heterocycles. The van der Waals surface area contributed by atoms with Crippen molar-refractivity contribution in [2.75, 3.05) is 26.4 Å². The number of rotatable bonds is 17. The monoisotopic (exact) mass is 659 g/mol. The zero-order valence-corrected chi connectivity index (χ0v) is 28.7. The van der Waals surface area contributed by atoms with E-state index >= 15 is 0 Å². The van der Waals surface area contributed by atoms with Crippen LogP contribution < -0.4 is 15.6 Å². The lowest BCUT2D eigenvalue weighted by atomic mass is 9.83. The molecule has 0 radical (unpaired) electrons. The molecule has 1 amide bonds. The molecule has 3 N–H and O–H groups in total. The molecule has 10 nitrogen and oxygen atoms in total. The number of hydrazine groups is 1. The predicted octanol–water partition coefficient (Wildman–Crippen LogP) is 5.93. The lowest BCUT2D eigenvalue weighted by Gasteiger charge is -2.31. The molecule has 0 saturated heterocycles. The van der Waals surface area contributed by atoms with E-state index in [1.807, 2.05) is 101 Å². The minimum atomic E-state index is -1.50. The number of aliphatic imine (C=N–C) groups is 1. The maximum atomic E-state index is 14.3. The minimum Gasteiger partial charge on any atom is -0.494 e. The van der Waals surface area contributed by atoms with Gasteiger partial charge in [-0.05, 0) is 88.4 Å². The fourth-order valence-electron chi connectivity index (χ4n) is 5.27. The maximum Gasteiger partial charge on any atom is 0.306 e. The van der Waals surface area contributed by atoms with Gasteiger partial charge in [0.05, 0.1) is 12.7 Å². The van der Waals surface area contributed by atoms with Gasteiger partial charge in [-0.15, -0.1) is 0 Å². The number of aliphatic hydroxyl groups is 1. The smallest absolute Gasteiger partial charge is 0.306 e. The van der Waals surface area contributed by atoms with E-state index in [0.29, 0.717) is 43.9 Å². The van der Waals surface area contributed by atoms with Crippen molar-refractivity contribution in [3.8, 4) is 16.9 Å². The first-order chi connectivity index (χ1) is 23.0. The first-order valence-corrected chi connectivity index (χ1v) is 16.6. The first kappa shape index (κ1) is 36.6. The van der Waals surface area contributed by atoms with Gasteiger partial charge in [0.25, 0.3) is 5.91 Å². The molecule has 10 heteroatoms. The highest BCUT2D eigenvalue weighted by molar-refractivity contribution is 6.01. The number of carbonyl (C=O) groups is 2. The average molecular weight is 660 g/mol. The molecule has 0 saturated carbocycles. The third-order valence-corrected chi connectivity index (χ3v) is 7.58. The molecule has 0 spiro atoms. The first-order valence-electron chi connectivity index (χ1n) is 16.6. The van der Waals surface area contributed by atoms with Crippen LogP contribution in [0.15, 0.2) is 83.9 Å². The van der Waals surface area contributed by atoms with E-state index < -0.39 is 29.1 Å². The number of carbonyl (C=O) groups excluding carboxylic acids is 2. The van der Waals surface area contributed by atoms with Gasteiger partial charge in [-0.25, -0.2) is 10.4 Å². The Labute approximate surface area is 283 Å². The second kappa shape index (κ2) is 17.2. The van der Waals surface area contributed by atoms with Gasteiger partial charge in [-0.1, -0.05) is 54.6 Å². The highest BCUT2D eigenvalue weighted by Gasteiger charge is 2.53. The van der Waals surface area contributed by atoms with E-state index in [1.54, 1.807) is 12.1 Å². The summed E-state index contributed by atoms with van der Waals surface area (Å²) in [5, 5.41) is 9.08. The summed E-state index contributed by atoms with van der Waals surface area (Å²) in [4.78, 5) is 32.3. The van der Waals surface area contributed by atoms with Crippen LogP contribution in [0, 0.1) is 0 Å². The van der Waals surface area contributed by atoms with Gasteiger partial charge in [-0.3, -0.25) is 15.0 Å². The fourth-order valence-corrected chi connectivity index (χ4v) is 5.27. The number of hydrogen-bond donors (Lipinski definition) is 3. The van der Waals surface area contributed by atoms with Crippen LogP contribution in [0.3, 0.4) is 0 Å². The molecule has 1 heterocycles. The van der Waals surface area contributed by atoms with Crippen molar-refractivity contribution < 1.29 is 33.6 Å². The molecule has 1 aliphatic rings. The van der Waals surface area contributed by atoms with Crippen molar-refractivity contribution in [1.82, 2.24) is 10.9 Å². The molecule has 3 aromatic carbocycles. The molecule has 0 aliphatic carbocycles. The maximum absolute atomic E-state index is 14.3. The Morgan fingerprint density at radius 2 is 1.58 bits per heavy atom. The Bertz CT molecular complexity index is 1490. The SMILES string of the molecule is CC(C)OCCCNNC(=O)[C@@]1(CCC(=O)OC(C)(C)C)N=C(c2ccc(OCCCO)cc2)O[C@H]1c1ccc(-c2ccccc2)cc1. The van der Waals surface area contributed by atoms with Crippen LogP contribution >= 0.6 is 0 Å². The largest absolute Gasteiger partial charge is 0.494 e. The summed E-state index contributed by atoms with van der Waals surface area (Å²) in [6.07, 6.45) is 0.481. The van der Waals surface area contributed by atoms with Crippen molar-refractivity contribution in [3.05, 3.63) is 90.0 Å². The van der Waals surface area contributed by atoms with Gasteiger partial charge in [0.15, 0.2) is 11.6 Å². The van der Waals surface area contributed by atoms with Crippen LogP contribution in [-0.2, 0) is 23.8 Å². The summed E-state index contributed by atoms with van der Waals surface area (Å²) in [6, 6.07) is 25.1. The van der Waals surface area contributed by atoms with Crippen molar-refractivity contribution in [2.45, 2.75) is 83.6 Å². The van der Waals surface area contributed by atoms with E-state index in [2.05, 4.69) is 10.9 Å². The van der Waals surface area contributed by atoms with Crippen molar-refractivity contribution in [3.63, 3.8) is 0 Å². The molecule has 3 aromatic rings. The van der Waals surface area contributed by atoms with Gasteiger partial charge in [0.1, 0.15) is 11.4 Å². The van der Waals surface area contributed by atoms with Gasteiger partial charge in [0.2, 0.25) is 5.90 Å². The van der Waals surface area contributed by atoms with Crippen LogP contribution in [-0.4, -0.2) is 66.5 Å². The van der Waals surface area contributed by atoms with Crippen molar-refractivity contribution >= 4 is 17.8 Å². The summed E-state index contributed by atoms with van der Waals surface area (Å²) in [7, 11) is 0. The fraction of sp³-hybridized carbons (Fsp3) is 0.447. The van der Waals surface area contributed by atoms with E-state index in [0.717, 1.165) is 16.7 Å². The van der Waals surface area contributed by atoms with Crippen LogP contribution in [0.2, 0.25) is 0 Å². The third kappa shape index (κ3) is 10.4. The summed E-state index contributed by atoms with van der Waals surface area (Å²) >= 11 is 0. The summed E-state index contributed by atoms with van der Waals surface area (Å²) in [6.45, 7) is 10.8. The summed E-state index contributed by atoms with van der Waals surface area (Å²) in [5.74, 6) is 0.0590. The number of aliphatic hydroxyl groups excluding tert-OH is 1. The molecule has 0 unspecified atom stereocenters. The Morgan fingerprint density at radius 1 is 0.917 bits per heavy atom. The van der Waals surface area contributed by atoms with Gasteiger partial charge in [0, 0.05) is 38.2 Å². The zero-order valence-electron chi connectivity index (χ0n) is 28.7. The minimum absolute atomic E-state index is 0.0445. The van der Waals surface area contributed by atoms with Crippen molar-refractivity contribution in [2.24, 2.45) is 4.99 Å². The van der Waals surface area contributed by atoms with Crippen LogP contribution in [0.1, 0.15) is 77.5 Å². The Hall–Kier alpha value is -4.25. The second-order valence-corrected chi connectivity index (χ2v) is 13.0. The summed E-state index contributed by atoms with van der Waals surface area (Å²) < 4.78 is 23.5. The molecule has 0 fully saturated rings. The molecule has 258 valence electrons. The number of ether oxygens (including phenoxy) is 4. The lowest BCUT2D eigenvalue weighted by Crippen LogP contribution is -2.53. The third-order valence-electron chi connectivity index (χ3n) is 7.58. The number of benzene rings is 3. The van der Waals surface area contributed by atoms with E-state index in [1.165, 1.54) is 0 Å². The van der Waals surface area contributed by atoms with E-state index in [9.17, 15) is 9.59 Å². The van der Waals surface area contributed by atoms with Crippen LogP contribution in [0.5, 0.6) is 5.75 Å². The topological polar surface area (TPSA) is 128 Å². The number of hydrogen-bond acceptors (Lipinski definition) is 9. The summed E-state index contributed by atoms with van der Waals surface area (Å²) in [5.41, 5.74) is 7.16. The molecule has 4 rings (SSSR count). The van der Waals surface area contributed by atoms with E-state index in [-0.39, 0.29) is 31.5 Å². The zero-order chi connectivity index (χ0) is 34.6.